The first-order valence-electron chi connectivity index (χ1n) is 11.3. The van der Waals surface area contributed by atoms with Crippen LogP contribution >= 0.6 is 0 Å². The first-order valence-corrected chi connectivity index (χ1v) is 11.3. The number of aromatic nitrogens is 1. The molecule has 0 bridgehead atoms. The van der Waals surface area contributed by atoms with Crippen LogP contribution in [0.15, 0.2) is 83.4 Å². The second-order valence-corrected chi connectivity index (χ2v) is 9.21. The van der Waals surface area contributed by atoms with Gasteiger partial charge in [-0.15, -0.1) is 0 Å². The zero-order valence-corrected chi connectivity index (χ0v) is 18.6. The minimum atomic E-state index is 0.560. The van der Waals surface area contributed by atoms with Crippen LogP contribution in [0.4, 0.5) is 0 Å². The molecule has 0 fully saturated rings. The molecule has 2 aromatic heterocycles. The Hall–Kier alpha value is -3.65. The molecule has 0 aliphatic heterocycles. The van der Waals surface area contributed by atoms with Gasteiger partial charge in [0.25, 0.3) is 0 Å². The molecule has 2 heterocycles. The number of fused-ring (bicyclic) bond motifs is 6. The van der Waals surface area contributed by atoms with Gasteiger partial charge in [-0.1, -0.05) is 68.4 Å². The Morgan fingerprint density at radius 1 is 0.781 bits per heavy atom. The fraction of sp³-hybridized carbons (Fsp3) is 0.167. The molecule has 2 heteroatoms. The smallest absolute Gasteiger partial charge is 0.161 e. The van der Waals surface area contributed by atoms with E-state index in [9.17, 15) is 0 Å². The molecule has 0 amide bonds. The van der Waals surface area contributed by atoms with Gasteiger partial charge in [-0.2, -0.15) is 0 Å². The quantitative estimate of drug-likeness (QED) is 0.271. The van der Waals surface area contributed by atoms with Crippen LogP contribution < -0.4 is 0 Å². The lowest BCUT2D eigenvalue weighted by Crippen LogP contribution is -1.97. The number of rotatable bonds is 3. The molecule has 2 nitrogen and oxygen atoms in total. The van der Waals surface area contributed by atoms with Crippen LogP contribution in [0.2, 0.25) is 0 Å². The SMILES string of the molecule is Cc1cccc2c1oc1c(-c3cc(CC(C)C)c4c(ccc5ccccc54)c3)nccc12. The highest BCUT2D eigenvalue weighted by atomic mass is 16.3. The summed E-state index contributed by atoms with van der Waals surface area (Å²) in [5.41, 5.74) is 6.37. The highest BCUT2D eigenvalue weighted by Crippen LogP contribution is 2.38. The zero-order chi connectivity index (χ0) is 21.8. The van der Waals surface area contributed by atoms with Crippen molar-refractivity contribution in [2.75, 3.05) is 0 Å². The Bertz CT molecular complexity index is 1640. The molecule has 0 unspecified atom stereocenters. The van der Waals surface area contributed by atoms with E-state index in [1.165, 1.54) is 27.1 Å². The number of benzene rings is 4. The molecule has 0 saturated carbocycles. The normalized spacial score (nSPS) is 12.0. The number of hydrogen-bond acceptors (Lipinski definition) is 2. The van der Waals surface area contributed by atoms with E-state index in [0.717, 1.165) is 45.2 Å². The Morgan fingerprint density at radius 2 is 1.56 bits per heavy atom. The number of aryl methyl sites for hydroxylation is 1. The monoisotopic (exact) mass is 415 g/mol. The lowest BCUT2D eigenvalue weighted by Gasteiger charge is -2.14. The van der Waals surface area contributed by atoms with Gasteiger partial charge in [-0.3, -0.25) is 4.98 Å². The fourth-order valence-corrected chi connectivity index (χ4v) is 5.05. The molecular formula is C30H25NO. The third-order valence-corrected chi connectivity index (χ3v) is 6.44. The second kappa shape index (κ2) is 7.20. The molecule has 0 spiro atoms. The van der Waals surface area contributed by atoms with E-state index in [0.29, 0.717) is 5.92 Å². The summed E-state index contributed by atoms with van der Waals surface area (Å²) >= 11 is 0. The topological polar surface area (TPSA) is 26.0 Å². The summed E-state index contributed by atoms with van der Waals surface area (Å²) in [7, 11) is 0. The minimum Gasteiger partial charge on any atom is -0.453 e. The maximum Gasteiger partial charge on any atom is 0.161 e. The van der Waals surface area contributed by atoms with Gasteiger partial charge in [0.1, 0.15) is 11.3 Å². The molecule has 32 heavy (non-hydrogen) atoms. The summed E-state index contributed by atoms with van der Waals surface area (Å²) in [5, 5.41) is 7.48. The Labute approximate surface area is 187 Å². The largest absolute Gasteiger partial charge is 0.453 e. The summed E-state index contributed by atoms with van der Waals surface area (Å²) < 4.78 is 6.41. The first-order chi connectivity index (χ1) is 15.6. The molecule has 0 aliphatic rings. The number of furan rings is 1. The molecular weight excluding hydrogens is 390 g/mol. The predicted molar refractivity (Wildman–Crippen MR) is 135 cm³/mol. The minimum absolute atomic E-state index is 0.560. The summed E-state index contributed by atoms with van der Waals surface area (Å²) in [6, 6.07) is 26.1. The van der Waals surface area contributed by atoms with E-state index in [-0.39, 0.29) is 0 Å². The van der Waals surface area contributed by atoms with Gasteiger partial charge in [0, 0.05) is 22.5 Å². The van der Waals surface area contributed by atoms with Gasteiger partial charge < -0.3 is 4.42 Å². The third-order valence-electron chi connectivity index (χ3n) is 6.44. The van der Waals surface area contributed by atoms with E-state index in [1.807, 2.05) is 6.20 Å². The number of hydrogen-bond donors (Lipinski definition) is 0. The highest BCUT2D eigenvalue weighted by Gasteiger charge is 2.17. The van der Waals surface area contributed by atoms with Crippen molar-refractivity contribution in [1.82, 2.24) is 4.98 Å². The van der Waals surface area contributed by atoms with E-state index in [2.05, 4.69) is 93.6 Å². The van der Waals surface area contributed by atoms with Crippen LogP contribution in [0.3, 0.4) is 0 Å². The first kappa shape index (κ1) is 19.1. The molecule has 6 rings (SSSR count). The maximum atomic E-state index is 6.41. The van der Waals surface area contributed by atoms with Gasteiger partial charge in [-0.05, 0) is 70.1 Å². The Morgan fingerprint density at radius 3 is 2.44 bits per heavy atom. The van der Waals surface area contributed by atoms with E-state index in [1.54, 1.807) is 0 Å². The Balaban J connectivity index is 1.68. The predicted octanol–water partition coefficient (Wildman–Crippen LogP) is 8.46. The van der Waals surface area contributed by atoms with Gasteiger partial charge >= 0.3 is 0 Å². The number of pyridine rings is 1. The highest BCUT2D eigenvalue weighted by molar-refractivity contribution is 6.12. The number of para-hydroxylation sites is 1. The van der Waals surface area contributed by atoms with Crippen molar-refractivity contribution in [2.24, 2.45) is 5.92 Å². The van der Waals surface area contributed by atoms with Crippen molar-refractivity contribution in [1.29, 1.82) is 0 Å². The van der Waals surface area contributed by atoms with Crippen LogP contribution in [-0.4, -0.2) is 4.98 Å². The van der Waals surface area contributed by atoms with Crippen molar-refractivity contribution in [3.63, 3.8) is 0 Å². The van der Waals surface area contributed by atoms with Crippen LogP contribution in [0, 0.1) is 12.8 Å². The molecule has 6 aromatic rings. The lowest BCUT2D eigenvalue weighted by molar-refractivity contribution is 0.650. The van der Waals surface area contributed by atoms with E-state index < -0.39 is 0 Å². The van der Waals surface area contributed by atoms with Crippen molar-refractivity contribution >= 4 is 43.5 Å². The average molecular weight is 416 g/mol. The number of nitrogens with zero attached hydrogens (tertiary/aromatic N) is 1. The molecule has 0 radical (unpaired) electrons. The maximum absolute atomic E-state index is 6.41. The van der Waals surface area contributed by atoms with Crippen molar-refractivity contribution in [3.05, 3.63) is 90.1 Å². The molecule has 4 aromatic carbocycles. The third kappa shape index (κ3) is 2.90. The van der Waals surface area contributed by atoms with Crippen molar-refractivity contribution in [3.8, 4) is 11.3 Å². The molecule has 0 saturated heterocycles. The van der Waals surface area contributed by atoms with Crippen molar-refractivity contribution in [2.45, 2.75) is 27.2 Å². The lowest BCUT2D eigenvalue weighted by atomic mass is 9.90. The average Bonchev–Trinajstić information content (AvgIpc) is 3.18. The van der Waals surface area contributed by atoms with E-state index in [4.69, 9.17) is 9.40 Å². The fourth-order valence-electron chi connectivity index (χ4n) is 5.05. The molecule has 0 atom stereocenters. The van der Waals surface area contributed by atoms with Crippen LogP contribution in [0.1, 0.15) is 25.0 Å². The van der Waals surface area contributed by atoms with Gasteiger partial charge in [0.05, 0.1) is 0 Å². The van der Waals surface area contributed by atoms with Crippen LogP contribution in [-0.2, 0) is 6.42 Å². The molecule has 156 valence electrons. The second-order valence-electron chi connectivity index (χ2n) is 9.21. The van der Waals surface area contributed by atoms with Crippen LogP contribution in [0.5, 0.6) is 0 Å². The Kier molecular flexibility index (Phi) is 4.29. The summed E-state index contributed by atoms with van der Waals surface area (Å²) in [5.74, 6) is 0.560. The zero-order valence-electron chi connectivity index (χ0n) is 18.6. The van der Waals surface area contributed by atoms with Gasteiger partial charge in [-0.25, -0.2) is 0 Å². The van der Waals surface area contributed by atoms with Crippen LogP contribution in [0.25, 0.3) is 54.7 Å². The van der Waals surface area contributed by atoms with Gasteiger partial charge in [0.2, 0.25) is 0 Å². The standard InChI is InChI=1S/C30H25NO/c1-18(2)15-22-17-23(16-21-12-11-20-8-4-5-9-24(20)27(21)22)28-30-26(13-14-31-28)25-10-6-7-19(3)29(25)32-30/h4-14,16-18H,15H2,1-3H3. The molecule has 0 aliphatic carbocycles. The summed E-state index contributed by atoms with van der Waals surface area (Å²) in [6.45, 7) is 6.66. The summed E-state index contributed by atoms with van der Waals surface area (Å²) in [6.07, 6.45) is 2.93. The van der Waals surface area contributed by atoms with Gasteiger partial charge in [0.15, 0.2) is 5.58 Å². The molecule has 0 N–H and O–H groups in total. The summed E-state index contributed by atoms with van der Waals surface area (Å²) in [4.78, 5) is 4.80. The van der Waals surface area contributed by atoms with Crippen molar-refractivity contribution < 1.29 is 4.42 Å². The van der Waals surface area contributed by atoms with E-state index >= 15 is 0 Å².